The average molecular weight is 196 g/mol. The third-order valence-corrected chi connectivity index (χ3v) is 2.00. The van der Waals surface area contributed by atoms with E-state index in [1.807, 2.05) is 0 Å². The van der Waals surface area contributed by atoms with Crippen molar-refractivity contribution in [3.8, 4) is 0 Å². The summed E-state index contributed by atoms with van der Waals surface area (Å²) in [5.74, 6) is -0.150. The number of carbonyl (C=O) groups is 2. The molecule has 14 heavy (non-hydrogen) atoms. The Morgan fingerprint density at radius 1 is 1.79 bits per heavy atom. The minimum absolute atomic E-state index is 0.0996. The van der Waals surface area contributed by atoms with Crippen molar-refractivity contribution in [3.05, 3.63) is 12.7 Å². The van der Waals surface area contributed by atoms with Crippen molar-refractivity contribution in [1.82, 2.24) is 4.90 Å². The van der Waals surface area contributed by atoms with Crippen LogP contribution >= 0.6 is 0 Å². The van der Waals surface area contributed by atoms with E-state index >= 15 is 0 Å². The fourth-order valence-corrected chi connectivity index (χ4v) is 1.23. The molecule has 1 rings (SSSR count). The summed E-state index contributed by atoms with van der Waals surface area (Å²) >= 11 is 0. The van der Waals surface area contributed by atoms with Crippen molar-refractivity contribution in [2.75, 3.05) is 19.6 Å². The van der Waals surface area contributed by atoms with Crippen LogP contribution in [0.3, 0.4) is 0 Å². The molecule has 76 valence electrons. The van der Waals surface area contributed by atoms with Crippen LogP contribution in [0.1, 0.15) is 0 Å². The van der Waals surface area contributed by atoms with E-state index in [9.17, 15) is 14.7 Å². The molecule has 0 amide bonds. The minimum Gasteiger partial charge on any atom is -0.383 e. The lowest BCUT2D eigenvalue weighted by Gasteiger charge is -2.19. The number of aliphatic hydroxyl groups is 1. The highest BCUT2D eigenvalue weighted by Gasteiger charge is 2.21. The summed E-state index contributed by atoms with van der Waals surface area (Å²) in [6.07, 6.45) is 0.562. The lowest BCUT2D eigenvalue weighted by molar-refractivity contribution is -0.122. The van der Waals surface area contributed by atoms with Crippen LogP contribution < -0.4 is 0 Å². The van der Waals surface area contributed by atoms with Gasteiger partial charge in [0, 0.05) is 6.54 Å². The Morgan fingerprint density at radius 3 is 3.07 bits per heavy atom. The normalized spacial score (nSPS) is 17.5. The summed E-state index contributed by atoms with van der Waals surface area (Å²) in [5, 5.41) is 9.36. The summed E-state index contributed by atoms with van der Waals surface area (Å²) in [4.78, 5) is 26.9. The van der Waals surface area contributed by atoms with Gasteiger partial charge in [-0.15, -0.1) is 0 Å². The Hall–Kier alpha value is -1.49. The third kappa shape index (κ3) is 2.26. The number of aliphatic hydroxyl groups excluding tert-OH is 1. The van der Waals surface area contributed by atoms with Crippen LogP contribution in [0.15, 0.2) is 17.6 Å². The molecule has 1 N–H and O–H groups in total. The zero-order valence-corrected chi connectivity index (χ0v) is 7.72. The number of hydrogen-bond acceptors (Lipinski definition) is 5. The molecule has 0 aromatic rings. The van der Waals surface area contributed by atoms with Crippen LogP contribution in [-0.4, -0.2) is 53.6 Å². The number of nitrogens with zero attached hydrogens (tertiary/aromatic N) is 2. The van der Waals surface area contributed by atoms with Gasteiger partial charge in [-0.05, 0) is 6.08 Å². The Labute approximate surface area is 81.7 Å². The number of amidine groups is 1. The molecule has 0 aromatic heterocycles. The molecule has 5 heteroatoms. The third-order valence-electron chi connectivity index (χ3n) is 2.00. The topological polar surface area (TPSA) is 70.0 Å². The molecular weight excluding hydrogens is 184 g/mol. The van der Waals surface area contributed by atoms with Gasteiger partial charge in [0.1, 0.15) is 6.10 Å². The van der Waals surface area contributed by atoms with Crippen molar-refractivity contribution in [3.63, 3.8) is 0 Å². The van der Waals surface area contributed by atoms with Crippen LogP contribution in [0, 0.1) is 0 Å². The molecule has 0 fully saturated rings. The van der Waals surface area contributed by atoms with Gasteiger partial charge in [-0.2, -0.15) is 0 Å². The first-order valence-electron chi connectivity index (χ1n) is 4.28. The van der Waals surface area contributed by atoms with E-state index in [0.717, 1.165) is 6.08 Å². The Bertz CT molecular complexity index is 286. The highest BCUT2D eigenvalue weighted by atomic mass is 16.3. The predicted octanol–water partition coefficient (Wildman–Crippen LogP) is -0.985. The van der Waals surface area contributed by atoms with Gasteiger partial charge in [0.15, 0.2) is 17.9 Å². The number of aldehydes is 1. The molecule has 1 atom stereocenters. The van der Waals surface area contributed by atoms with Gasteiger partial charge in [-0.25, -0.2) is 0 Å². The highest BCUT2D eigenvalue weighted by Crippen LogP contribution is 2.02. The van der Waals surface area contributed by atoms with Gasteiger partial charge in [-0.3, -0.25) is 14.6 Å². The number of rotatable bonds is 5. The second kappa shape index (κ2) is 4.66. The highest BCUT2D eigenvalue weighted by molar-refractivity contribution is 6.27. The summed E-state index contributed by atoms with van der Waals surface area (Å²) in [6, 6.07) is 0. The monoisotopic (exact) mass is 196 g/mol. The standard InChI is InChI=1S/C9H12N2O3/c1-2-7(13)8(14)5-11-4-3-10-9(11)6-12/h2,6,8,14H,1,3-5H2. The zero-order valence-electron chi connectivity index (χ0n) is 7.72. The Balaban J connectivity index is 2.52. The maximum Gasteiger partial charge on any atom is 0.185 e. The lowest BCUT2D eigenvalue weighted by Crippen LogP contribution is -2.38. The number of carbonyl (C=O) groups excluding carboxylic acids is 2. The maximum absolute atomic E-state index is 11.0. The number of β-amino-alcohol motifs (C(OH)–C–C–N with tert-alkyl or cyclic N) is 1. The van der Waals surface area contributed by atoms with E-state index in [1.165, 1.54) is 0 Å². The first-order valence-corrected chi connectivity index (χ1v) is 4.28. The van der Waals surface area contributed by atoms with E-state index < -0.39 is 11.9 Å². The summed E-state index contributed by atoms with van der Waals surface area (Å²) in [6.45, 7) is 4.46. The summed E-state index contributed by atoms with van der Waals surface area (Å²) in [7, 11) is 0. The Kier molecular flexibility index (Phi) is 3.53. The maximum atomic E-state index is 11.0. The summed E-state index contributed by atoms with van der Waals surface area (Å²) < 4.78 is 0. The number of ketones is 1. The van der Waals surface area contributed by atoms with Crippen molar-refractivity contribution in [2.45, 2.75) is 6.10 Å². The van der Waals surface area contributed by atoms with Crippen LogP contribution in [-0.2, 0) is 9.59 Å². The van der Waals surface area contributed by atoms with Gasteiger partial charge < -0.3 is 10.0 Å². The van der Waals surface area contributed by atoms with Gasteiger partial charge in [0.05, 0.1) is 13.1 Å². The van der Waals surface area contributed by atoms with Crippen LogP contribution in [0.4, 0.5) is 0 Å². The zero-order chi connectivity index (χ0) is 10.6. The first kappa shape index (κ1) is 10.6. The van der Waals surface area contributed by atoms with Crippen molar-refractivity contribution < 1.29 is 14.7 Å². The molecule has 1 unspecified atom stereocenters. The van der Waals surface area contributed by atoms with Crippen LogP contribution in [0.25, 0.3) is 0 Å². The molecule has 0 aliphatic carbocycles. The van der Waals surface area contributed by atoms with Gasteiger partial charge >= 0.3 is 0 Å². The lowest BCUT2D eigenvalue weighted by atomic mass is 10.2. The van der Waals surface area contributed by atoms with Crippen molar-refractivity contribution >= 4 is 17.9 Å². The largest absolute Gasteiger partial charge is 0.383 e. The number of hydrogen-bond donors (Lipinski definition) is 1. The fraction of sp³-hybridized carbons (Fsp3) is 0.444. The Morgan fingerprint density at radius 2 is 2.50 bits per heavy atom. The second-order valence-electron chi connectivity index (χ2n) is 2.93. The first-order chi connectivity index (χ1) is 6.69. The van der Waals surface area contributed by atoms with Crippen LogP contribution in [0.5, 0.6) is 0 Å². The van der Waals surface area contributed by atoms with Crippen molar-refractivity contribution in [1.29, 1.82) is 0 Å². The molecule has 1 aliphatic rings. The van der Waals surface area contributed by atoms with Gasteiger partial charge in [0.2, 0.25) is 0 Å². The van der Waals surface area contributed by atoms with E-state index in [0.29, 0.717) is 25.2 Å². The van der Waals surface area contributed by atoms with E-state index in [4.69, 9.17) is 0 Å². The predicted molar refractivity (Wildman–Crippen MR) is 51.1 cm³/mol. The van der Waals surface area contributed by atoms with Crippen LogP contribution in [0.2, 0.25) is 0 Å². The SMILES string of the molecule is C=CC(=O)C(O)CN1CCN=C1C=O. The molecule has 1 heterocycles. The van der Waals surface area contributed by atoms with E-state index in [-0.39, 0.29) is 6.54 Å². The second-order valence-corrected chi connectivity index (χ2v) is 2.93. The molecule has 5 nitrogen and oxygen atoms in total. The quantitative estimate of drug-likeness (QED) is 0.453. The molecular formula is C9H12N2O3. The molecule has 0 spiro atoms. The molecule has 0 bridgehead atoms. The minimum atomic E-state index is -1.13. The number of aliphatic imine (C=N–C) groups is 1. The van der Waals surface area contributed by atoms with Gasteiger partial charge in [0.25, 0.3) is 0 Å². The molecule has 0 saturated heterocycles. The molecule has 0 aromatic carbocycles. The average Bonchev–Trinajstić information content (AvgIpc) is 2.63. The summed E-state index contributed by atoms with van der Waals surface area (Å²) in [5.41, 5.74) is 0. The molecule has 1 aliphatic heterocycles. The molecule has 0 radical (unpaired) electrons. The van der Waals surface area contributed by atoms with Gasteiger partial charge in [-0.1, -0.05) is 6.58 Å². The van der Waals surface area contributed by atoms with E-state index in [1.54, 1.807) is 4.90 Å². The van der Waals surface area contributed by atoms with Crippen molar-refractivity contribution in [2.24, 2.45) is 4.99 Å². The smallest absolute Gasteiger partial charge is 0.185 e. The van der Waals surface area contributed by atoms with E-state index in [2.05, 4.69) is 11.6 Å². The fourth-order valence-electron chi connectivity index (χ4n) is 1.23. The molecule has 0 saturated carbocycles.